The lowest BCUT2D eigenvalue weighted by Crippen LogP contribution is -2.43. The fourth-order valence-corrected chi connectivity index (χ4v) is 2.45. The van der Waals surface area contributed by atoms with Crippen molar-refractivity contribution in [2.75, 3.05) is 13.7 Å². The molecule has 2 rings (SSSR count). The predicted molar refractivity (Wildman–Crippen MR) is 78.3 cm³/mol. The third-order valence-electron chi connectivity index (χ3n) is 3.47. The van der Waals surface area contributed by atoms with Gasteiger partial charge < -0.3 is 14.6 Å². The van der Waals surface area contributed by atoms with Crippen molar-refractivity contribution >= 4 is 12.1 Å². The largest absolute Gasteiger partial charge is 0.467 e. The number of hydrogen-bond donors (Lipinski definition) is 1. The Morgan fingerprint density at radius 2 is 2.13 bits per heavy atom. The lowest BCUT2D eigenvalue weighted by atomic mass is 10.2. The Kier molecular flexibility index (Phi) is 4.88. The molecule has 2 atom stereocenters. The van der Waals surface area contributed by atoms with Crippen LogP contribution in [0.5, 0.6) is 0 Å². The van der Waals surface area contributed by atoms with Crippen molar-refractivity contribution in [1.29, 1.82) is 0 Å². The Morgan fingerprint density at radius 3 is 2.65 bits per heavy atom. The van der Waals surface area contributed by atoms with Crippen molar-refractivity contribution in [3.63, 3.8) is 0 Å². The van der Waals surface area contributed by atoms with Crippen LogP contribution in [-0.2, 0) is 20.9 Å². The number of aliphatic hydroxyl groups excluding tert-OH is 1. The Balaban J connectivity index is 2.18. The van der Waals surface area contributed by atoms with Crippen molar-refractivity contribution < 1.29 is 24.2 Å². The Hall–Kier alpha value is -2.16. The molecule has 1 fully saturated rings. The number of carbonyl (C=O) groups excluding carboxylic acids is 2. The van der Waals surface area contributed by atoms with Crippen molar-refractivity contribution in [3.05, 3.63) is 11.9 Å². The van der Waals surface area contributed by atoms with Crippen LogP contribution in [0.3, 0.4) is 0 Å². The summed E-state index contributed by atoms with van der Waals surface area (Å²) in [5, 5.41) is 16.8. The molecule has 2 heterocycles. The molecule has 1 aliphatic rings. The third-order valence-corrected chi connectivity index (χ3v) is 3.47. The average molecular weight is 326 g/mol. The number of ether oxygens (including phenoxy) is 2. The van der Waals surface area contributed by atoms with Gasteiger partial charge in [0, 0.05) is 13.0 Å². The SMILES string of the molecule is COC(=O)C1CC(n2cc(CO)nn2)CN1C(=O)OC(C)(C)C. The molecule has 0 bridgehead atoms. The van der Waals surface area contributed by atoms with E-state index in [1.807, 2.05) is 0 Å². The fraction of sp³-hybridized carbons (Fsp3) is 0.714. The predicted octanol–water partition coefficient (Wildman–Crippen LogP) is 0.494. The zero-order valence-electron chi connectivity index (χ0n) is 13.7. The number of esters is 1. The lowest BCUT2D eigenvalue weighted by Gasteiger charge is -2.27. The van der Waals surface area contributed by atoms with Crippen LogP contribution in [0.2, 0.25) is 0 Å². The molecule has 0 saturated carbocycles. The van der Waals surface area contributed by atoms with Crippen LogP contribution in [-0.4, -0.2) is 62.4 Å². The smallest absolute Gasteiger partial charge is 0.411 e. The monoisotopic (exact) mass is 326 g/mol. The van der Waals surface area contributed by atoms with Crippen LogP contribution in [0.4, 0.5) is 4.79 Å². The summed E-state index contributed by atoms with van der Waals surface area (Å²) in [5.41, 5.74) is -0.233. The Morgan fingerprint density at radius 1 is 1.43 bits per heavy atom. The van der Waals surface area contributed by atoms with Gasteiger partial charge in [0.1, 0.15) is 17.3 Å². The number of aromatic nitrogens is 3. The molecule has 1 aromatic rings. The minimum Gasteiger partial charge on any atom is -0.467 e. The first-order valence-corrected chi connectivity index (χ1v) is 7.34. The van der Waals surface area contributed by atoms with E-state index in [9.17, 15) is 9.59 Å². The minimum atomic E-state index is -0.735. The van der Waals surface area contributed by atoms with Crippen LogP contribution in [0.15, 0.2) is 6.20 Å². The van der Waals surface area contributed by atoms with Gasteiger partial charge >= 0.3 is 12.1 Å². The molecule has 1 saturated heterocycles. The van der Waals surface area contributed by atoms with Gasteiger partial charge in [-0.05, 0) is 20.8 Å². The first-order valence-electron chi connectivity index (χ1n) is 7.34. The van der Waals surface area contributed by atoms with E-state index in [0.29, 0.717) is 12.1 Å². The number of hydrogen-bond acceptors (Lipinski definition) is 7. The van der Waals surface area contributed by atoms with Crippen LogP contribution < -0.4 is 0 Å². The highest BCUT2D eigenvalue weighted by atomic mass is 16.6. The van der Waals surface area contributed by atoms with Gasteiger partial charge in [-0.2, -0.15) is 0 Å². The van der Waals surface area contributed by atoms with Crippen LogP contribution >= 0.6 is 0 Å². The van der Waals surface area contributed by atoms with Gasteiger partial charge in [0.25, 0.3) is 0 Å². The van der Waals surface area contributed by atoms with Crippen LogP contribution in [0.25, 0.3) is 0 Å². The number of rotatable bonds is 3. The minimum absolute atomic E-state index is 0.219. The highest BCUT2D eigenvalue weighted by Crippen LogP contribution is 2.29. The second kappa shape index (κ2) is 6.53. The molecule has 128 valence electrons. The van der Waals surface area contributed by atoms with Crippen LogP contribution in [0, 0.1) is 0 Å². The fourth-order valence-electron chi connectivity index (χ4n) is 2.45. The third kappa shape index (κ3) is 3.98. The summed E-state index contributed by atoms with van der Waals surface area (Å²) in [5.74, 6) is -0.499. The first-order chi connectivity index (χ1) is 10.7. The van der Waals surface area contributed by atoms with E-state index < -0.39 is 23.7 Å². The van der Waals surface area contributed by atoms with Gasteiger partial charge in [-0.3, -0.25) is 4.90 Å². The molecule has 2 unspecified atom stereocenters. The van der Waals surface area contributed by atoms with Crippen molar-refractivity contribution in [2.24, 2.45) is 0 Å². The van der Waals surface area contributed by atoms with E-state index >= 15 is 0 Å². The zero-order valence-corrected chi connectivity index (χ0v) is 13.7. The summed E-state index contributed by atoms with van der Waals surface area (Å²) in [6.45, 7) is 5.31. The highest BCUT2D eigenvalue weighted by molar-refractivity contribution is 5.82. The van der Waals surface area contributed by atoms with E-state index in [1.165, 1.54) is 12.0 Å². The van der Waals surface area contributed by atoms with Crippen molar-refractivity contribution in [1.82, 2.24) is 19.9 Å². The maximum absolute atomic E-state index is 12.3. The first kappa shape index (κ1) is 17.2. The maximum Gasteiger partial charge on any atom is 0.411 e. The normalized spacial score (nSPS) is 21.3. The summed E-state index contributed by atoms with van der Waals surface area (Å²) in [6, 6.07) is -0.971. The molecule has 1 N–H and O–H groups in total. The van der Waals surface area contributed by atoms with E-state index in [4.69, 9.17) is 14.6 Å². The number of methoxy groups -OCH3 is 1. The summed E-state index contributed by atoms with van der Waals surface area (Å²) in [7, 11) is 1.28. The van der Waals surface area contributed by atoms with Gasteiger partial charge in [0.15, 0.2) is 0 Å². The molecule has 0 radical (unpaired) electrons. The van der Waals surface area contributed by atoms with E-state index in [1.54, 1.807) is 31.6 Å². The molecule has 1 aliphatic heterocycles. The molecule has 9 nitrogen and oxygen atoms in total. The summed E-state index contributed by atoms with van der Waals surface area (Å²) in [4.78, 5) is 25.7. The molecule has 0 spiro atoms. The maximum atomic E-state index is 12.3. The number of likely N-dealkylation sites (tertiary alicyclic amines) is 1. The quantitative estimate of drug-likeness (QED) is 0.806. The van der Waals surface area contributed by atoms with Gasteiger partial charge in [-0.15, -0.1) is 5.10 Å². The molecule has 23 heavy (non-hydrogen) atoms. The number of amides is 1. The molecule has 1 aromatic heterocycles. The summed E-state index contributed by atoms with van der Waals surface area (Å²) >= 11 is 0. The number of aliphatic hydroxyl groups is 1. The average Bonchev–Trinajstić information content (AvgIpc) is 3.10. The van der Waals surface area contributed by atoms with E-state index in [-0.39, 0.29) is 19.2 Å². The second-order valence-corrected chi connectivity index (χ2v) is 6.41. The highest BCUT2D eigenvalue weighted by Gasteiger charge is 2.43. The van der Waals surface area contributed by atoms with Crippen molar-refractivity contribution in [3.8, 4) is 0 Å². The van der Waals surface area contributed by atoms with Crippen molar-refractivity contribution in [2.45, 2.75) is 51.5 Å². The van der Waals surface area contributed by atoms with E-state index in [2.05, 4.69) is 10.3 Å². The van der Waals surface area contributed by atoms with Crippen LogP contribution in [0.1, 0.15) is 38.9 Å². The molecule has 0 aromatic carbocycles. The summed E-state index contributed by atoms with van der Waals surface area (Å²) < 4.78 is 11.7. The van der Waals surface area contributed by atoms with Gasteiger partial charge in [-0.25, -0.2) is 14.3 Å². The molecule has 0 aliphatic carbocycles. The molecular formula is C14H22N4O5. The zero-order chi connectivity index (χ0) is 17.2. The molecular weight excluding hydrogens is 304 g/mol. The van der Waals surface area contributed by atoms with Gasteiger partial charge in [0.2, 0.25) is 0 Å². The van der Waals surface area contributed by atoms with E-state index in [0.717, 1.165) is 0 Å². The topological polar surface area (TPSA) is 107 Å². The molecule has 9 heteroatoms. The summed E-state index contributed by atoms with van der Waals surface area (Å²) in [6.07, 6.45) is 1.37. The Bertz CT molecular complexity index is 580. The standard InChI is InChI=1S/C14H22N4O5/c1-14(2,3)23-13(21)17-7-10(5-11(17)12(20)22-4)18-6-9(8-19)15-16-18/h6,10-11,19H,5,7-8H2,1-4H3. The van der Waals surface area contributed by atoms with Gasteiger partial charge in [0.05, 0.1) is 26.0 Å². The number of nitrogens with zero attached hydrogens (tertiary/aromatic N) is 4. The van der Waals surface area contributed by atoms with Gasteiger partial charge in [-0.1, -0.05) is 5.21 Å². The Labute approximate surface area is 134 Å². The lowest BCUT2D eigenvalue weighted by molar-refractivity contribution is -0.145. The number of carbonyl (C=O) groups is 2. The molecule has 1 amide bonds. The second-order valence-electron chi connectivity index (χ2n) is 6.41.